The lowest BCUT2D eigenvalue weighted by molar-refractivity contribution is 0.0834. The highest BCUT2D eigenvalue weighted by molar-refractivity contribution is 7.89. The zero-order chi connectivity index (χ0) is 15.3. The molecule has 0 unspecified atom stereocenters. The van der Waals surface area contributed by atoms with Crippen molar-refractivity contribution < 1.29 is 13.2 Å². The molecule has 1 aromatic rings. The minimum absolute atomic E-state index is 0.0937. The van der Waals surface area contributed by atoms with Crippen molar-refractivity contribution in [2.24, 2.45) is 0 Å². The molecule has 0 bridgehead atoms. The Morgan fingerprint density at radius 1 is 1.43 bits per heavy atom. The molecule has 1 aromatic heterocycles. The fourth-order valence-electron chi connectivity index (χ4n) is 1.83. The van der Waals surface area contributed by atoms with Gasteiger partial charge >= 0.3 is 0 Å². The first-order chi connectivity index (χ1) is 9.97. The van der Waals surface area contributed by atoms with E-state index < -0.39 is 10.0 Å². The van der Waals surface area contributed by atoms with Crippen LogP contribution in [-0.2, 0) is 21.3 Å². The van der Waals surface area contributed by atoms with E-state index in [1.807, 2.05) is 13.8 Å². The maximum absolute atomic E-state index is 12.0. The predicted molar refractivity (Wildman–Crippen MR) is 79.5 cm³/mol. The van der Waals surface area contributed by atoms with Gasteiger partial charge in [-0.2, -0.15) is 5.10 Å². The number of rotatable bonds is 10. The van der Waals surface area contributed by atoms with Gasteiger partial charge < -0.3 is 10.1 Å². The van der Waals surface area contributed by atoms with Crippen molar-refractivity contribution in [2.75, 3.05) is 19.7 Å². The Hall–Kier alpha value is -0.960. The van der Waals surface area contributed by atoms with Crippen LogP contribution in [0.25, 0.3) is 0 Å². The summed E-state index contributed by atoms with van der Waals surface area (Å²) in [4.78, 5) is 0.193. The predicted octanol–water partition coefficient (Wildman–Crippen LogP) is 0.338. The molecule has 0 aliphatic heterocycles. The van der Waals surface area contributed by atoms with Gasteiger partial charge in [-0.05, 0) is 26.7 Å². The van der Waals surface area contributed by atoms with Gasteiger partial charge in [-0.3, -0.25) is 4.68 Å². The molecule has 8 heteroatoms. The molecule has 1 saturated carbocycles. The van der Waals surface area contributed by atoms with Crippen molar-refractivity contribution >= 4 is 10.0 Å². The molecule has 1 heterocycles. The number of nitrogens with one attached hydrogen (secondary N) is 2. The molecule has 120 valence electrons. The average molecular weight is 316 g/mol. The fourth-order valence-corrected chi connectivity index (χ4v) is 2.80. The van der Waals surface area contributed by atoms with Crippen LogP contribution in [0.4, 0.5) is 0 Å². The van der Waals surface area contributed by atoms with E-state index >= 15 is 0 Å². The molecule has 21 heavy (non-hydrogen) atoms. The van der Waals surface area contributed by atoms with Crippen molar-refractivity contribution in [1.82, 2.24) is 19.8 Å². The van der Waals surface area contributed by atoms with Crippen LogP contribution in [0.15, 0.2) is 17.3 Å². The second-order valence-corrected chi connectivity index (χ2v) is 7.25. The van der Waals surface area contributed by atoms with Gasteiger partial charge in [0.15, 0.2) is 0 Å². The summed E-state index contributed by atoms with van der Waals surface area (Å²) in [6.07, 6.45) is 5.50. The van der Waals surface area contributed by atoms with Gasteiger partial charge in [-0.25, -0.2) is 13.1 Å². The Bertz CT molecular complexity index is 537. The van der Waals surface area contributed by atoms with E-state index in [1.165, 1.54) is 19.0 Å². The molecule has 1 fully saturated rings. The van der Waals surface area contributed by atoms with Gasteiger partial charge in [0.2, 0.25) is 10.0 Å². The topological polar surface area (TPSA) is 85.2 Å². The van der Waals surface area contributed by atoms with E-state index in [1.54, 1.807) is 10.9 Å². The summed E-state index contributed by atoms with van der Waals surface area (Å²) >= 11 is 0. The van der Waals surface area contributed by atoms with Crippen molar-refractivity contribution in [1.29, 1.82) is 0 Å². The summed E-state index contributed by atoms with van der Waals surface area (Å²) in [6.45, 7) is 5.91. The lowest BCUT2D eigenvalue weighted by Crippen LogP contribution is -2.28. The van der Waals surface area contributed by atoms with Gasteiger partial charge in [-0.1, -0.05) is 0 Å². The minimum atomic E-state index is -3.50. The first kappa shape index (κ1) is 16.4. The Morgan fingerprint density at radius 2 is 2.19 bits per heavy atom. The summed E-state index contributed by atoms with van der Waals surface area (Å²) in [5.41, 5.74) is 0. The van der Waals surface area contributed by atoms with Crippen molar-refractivity contribution in [3.8, 4) is 0 Å². The van der Waals surface area contributed by atoms with Crippen molar-refractivity contribution in [2.45, 2.75) is 50.3 Å². The molecule has 0 spiro atoms. The zero-order valence-corrected chi connectivity index (χ0v) is 13.4. The number of aromatic nitrogens is 2. The SMILES string of the molecule is CC(C)OCCNS(=O)(=O)c1cnn(CCNC2CC2)c1. The molecule has 0 saturated heterocycles. The molecular formula is C13H24N4O3S. The van der Waals surface area contributed by atoms with E-state index in [0.29, 0.717) is 19.2 Å². The highest BCUT2D eigenvalue weighted by Crippen LogP contribution is 2.18. The normalized spacial score (nSPS) is 15.8. The molecular weight excluding hydrogens is 292 g/mol. The Morgan fingerprint density at radius 3 is 2.86 bits per heavy atom. The standard InChI is InChI=1S/C13H24N4O3S/c1-11(2)20-8-6-16-21(18,19)13-9-15-17(10-13)7-5-14-12-3-4-12/h9-12,14,16H,3-8H2,1-2H3. The zero-order valence-electron chi connectivity index (χ0n) is 12.6. The number of hydrogen-bond acceptors (Lipinski definition) is 5. The summed E-state index contributed by atoms with van der Waals surface area (Å²) in [6, 6.07) is 0.645. The van der Waals surface area contributed by atoms with Gasteiger partial charge in [0.25, 0.3) is 0 Å². The quantitative estimate of drug-likeness (QED) is 0.608. The van der Waals surface area contributed by atoms with Crippen LogP contribution < -0.4 is 10.0 Å². The Labute approximate surface area is 126 Å². The van der Waals surface area contributed by atoms with E-state index in [-0.39, 0.29) is 17.5 Å². The second kappa shape index (κ2) is 7.35. The van der Waals surface area contributed by atoms with Crippen LogP contribution in [0.1, 0.15) is 26.7 Å². The first-order valence-corrected chi connectivity index (χ1v) is 8.83. The molecule has 7 nitrogen and oxygen atoms in total. The van der Waals surface area contributed by atoms with Gasteiger partial charge in [0.1, 0.15) is 4.90 Å². The molecule has 0 amide bonds. The summed E-state index contributed by atoms with van der Waals surface area (Å²) in [5, 5.41) is 7.45. The maximum atomic E-state index is 12.0. The third kappa shape index (κ3) is 5.74. The van der Waals surface area contributed by atoms with Gasteiger partial charge in [0.05, 0.1) is 25.5 Å². The highest BCUT2D eigenvalue weighted by Gasteiger charge is 2.20. The number of hydrogen-bond donors (Lipinski definition) is 2. The van der Waals surface area contributed by atoms with Crippen LogP contribution in [-0.4, -0.2) is 50.0 Å². The Kier molecular flexibility index (Phi) is 5.74. The molecule has 2 N–H and O–H groups in total. The van der Waals surface area contributed by atoms with Crippen molar-refractivity contribution in [3.05, 3.63) is 12.4 Å². The van der Waals surface area contributed by atoms with Crippen LogP contribution in [0.2, 0.25) is 0 Å². The molecule has 0 atom stereocenters. The molecule has 1 aliphatic rings. The number of sulfonamides is 1. The molecule has 2 rings (SSSR count). The van der Waals surface area contributed by atoms with E-state index in [2.05, 4.69) is 15.1 Å². The fraction of sp³-hybridized carbons (Fsp3) is 0.769. The van der Waals surface area contributed by atoms with E-state index in [9.17, 15) is 8.42 Å². The smallest absolute Gasteiger partial charge is 0.243 e. The number of nitrogens with zero attached hydrogens (tertiary/aromatic N) is 2. The van der Waals surface area contributed by atoms with Crippen LogP contribution in [0.5, 0.6) is 0 Å². The third-order valence-electron chi connectivity index (χ3n) is 3.12. The van der Waals surface area contributed by atoms with Crippen LogP contribution >= 0.6 is 0 Å². The van der Waals surface area contributed by atoms with Crippen LogP contribution in [0.3, 0.4) is 0 Å². The van der Waals surface area contributed by atoms with Crippen molar-refractivity contribution in [3.63, 3.8) is 0 Å². The summed E-state index contributed by atoms with van der Waals surface area (Å²) in [5.74, 6) is 0. The van der Waals surface area contributed by atoms with Gasteiger partial charge in [0, 0.05) is 25.3 Å². The second-order valence-electron chi connectivity index (χ2n) is 5.48. The van der Waals surface area contributed by atoms with Gasteiger partial charge in [-0.15, -0.1) is 0 Å². The van der Waals surface area contributed by atoms with E-state index in [4.69, 9.17) is 4.74 Å². The monoisotopic (exact) mass is 316 g/mol. The molecule has 1 aliphatic carbocycles. The highest BCUT2D eigenvalue weighted by atomic mass is 32.2. The Balaban J connectivity index is 1.77. The summed E-state index contributed by atoms with van der Waals surface area (Å²) < 4.78 is 33.6. The van der Waals surface area contributed by atoms with Crippen LogP contribution in [0, 0.1) is 0 Å². The average Bonchev–Trinajstić information content (AvgIpc) is 3.10. The molecule has 0 radical (unpaired) electrons. The third-order valence-corrected chi connectivity index (χ3v) is 4.53. The lowest BCUT2D eigenvalue weighted by atomic mass is 10.5. The minimum Gasteiger partial charge on any atom is -0.377 e. The lowest BCUT2D eigenvalue weighted by Gasteiger charge is -2.08. The maximum Gasteiger partial charge on any atom is 0.243 e. The van der Waals surface area contributed by atoms with E-state index in [0.717, 1.165) is 6.54 Å². The summed E-state index contributed by atoms with van der Waals surface area (Å²) in [7, 11) is -3.50. The molecule has 0 aromatic carbocycles. The number of ether oxygens (including phenoxy) is 1. The largest absolute Gasteiger partial charge is 0.377 e. The first-order valence-electron chi connectivity index (χ1n) is 7.34.